The van der Waals surface area contributed by atoms with Crippen molar-refractivity contribution < 1.29 is 8.42 Å². The van der Waals surface area contributed by atoms with Crippen LogP contribution in [0.5, 0.6) is 0 Å². The van der Waals surface area contributed by atoms with Gasteiger partial charge in [-0.05, 0) is 55.7 Å². The number of anilines is 2. The first-order valence-corrected chi connectivity index (χ1v) is 8.66. The van der Waals surface area contributed by atoms with Crippen LogP contribution in [0, 0.1) is 11.8 Å². The number of nitrogens with one attached hydrogen (secondary N) is 2. The average molecular weight is 295 g/mol. The lowest BCUT2D eigenvalue weighted by Gasteiger charge is -2.11. The molecule has 2 aliphatic rings. The predicted octanol–water partition coefficient (Wildman–Crippen LogP) is 1.78. The molecule has 6 heteroatoms. The van der Waals surface area contributed by atoms with Crippen LogP contribution in [0.3, 0.4) is 0 Å². The first-order valence-electron chi connectivity index (χ1n) is 7.17. The first-order chi connectivity index (χ1) is 9.54. The van der Waals surface area contributed by atoms with Gasteiger partial charge < -0.3 is 11.1 Å². The number of rotatable bonds is 7. The summed E-state index contributed by atoms with van der Waals surface area (Å²) in [4.78, 5) is 0.176. The summed E-state index contributed by atoms with van der Waals surface area (Å²) >= 11 is 0. The highest BCUT2D eigenvalue weighted by atomic mass is 32.2. The fraction of sp³-hybridized carbons (Fsp3) is 0.571. The molecule has 0 saturated heterocycles. The molecule has 0 heterocycles. The Kier molecular flexibility index (Phi) is 3.60. The van der Waals surface area contributed by atoms with Crippen LogP contribution in [0.2, 0.25) is 0 Å². The highest BCUT2D eigenvalue weighted by Gasteiger charge is 2.25. The first kappa shape index (κ1) is 13.7. The zero-order chi connectivity index (χ0) is 14.2. The molecule has 110 valence electrons. The van der Waals surface area contributed by atoms with Gasteiger partial charge in [0, 0.05) is 18.8 Å². The summed E-state index contributed by atoms with van der Waals surface area (Å²) in [5.41, 5.74) is 7.08. The Morgan fingerprint density at radius 1 is 1.10 bits per heavy atom. The molecule has 1 aromatic rings. The van der Waals surface area contributed by atoms with E-state index in [1.54, 1.807) is 18.2 Å². The molecule has 0 aliphatic heterocycles. The third-order valence-electron chi connectivity index (χ3n) is 3.85. The third-order valence-corrected chi connectivity index (χ3v) is 5.35. The van der Waals surface area contributed by atoms with Crippen LogP contribution in [0.4, 0.5) is 11.4 Å². The Labute approximate surface area is 120 Å². The second kappa shape index (κ2) is 5.26. The molecule has 20 heavy (non-hydrogen) atoms. The van der Waals surface area contributed by atoms with Crippen LogP contribution in [0.25, 0.3) is 0 Å². The van der Waals surface area contributed by atoms with E-state index in [1.165, 1.54) is 12.8 Å². The smallest absolute Gasteiger partial charge is 0.242 e. The number of nitrogen functional groups attached to an aromatic ring is 1. The van der Waals surface area contributed by atoms with Gasteiger partial charge >= 0.3 is 0 Å². The van der Waals surface area contributed by atoms with Gasteiger partial charge in [-0.25, -0.2) is 13.1 Å². The molecule has 0 spiro atoms. The van der Waals surface area contributed by atoms with Crippen molar-refractivity contribution in [3.8, 4) is 0 Å². The predicted molar refractivity (Wildman–Crippen MR) is 80.0 cm³/mol. The summed E-state index contributed by atoms with van der Waals surface area (Å²) in [7, 11) is -3.48. The van der Waals surface area contributed by atoms with E-state index in [4.69, 9.17) is 5.73 Å². The minimum atomic E-state index is -3.48. The summed E-state index contributed by atoms with van der Waals surface area (Å²) in [6.45, 7) is 1.45. The van der Waals surface area contributed by atoms with E-state index in [-0.39, 0.29) is 4.90 Å². The molecule has 0 unspecified atom stereocenters. The van der Waals surface area contributed by atoms with Crippen molar-refractivity contribution in [3.05, 3.63) is 18.2 Å². The van der Waals surface area contributed by atoms with Gasteiger partial charge in [-0.3, -0.25) is 0 Å². The molecule has 2 aliphatic carbocycles. The summed E-state index contributed by atoms with van der Waals surface area (Å²) in [5, 5.41) is 3.29. The number of benzene rings is 1. The lowest BCUT2D eigenvalue weighted by Crippen LogP contribution is -2.26. The van der Waals surface area contributed by atoms with Gasteiger partial charge in [-0.2, -0.15) is 0 Å². The largest absolute Gasteiger partial charge is 0.398 e. The molecule has 5 nitrogen and oxygen atoms in total. The number of nitrogens with two attached hydrogens (primary N) is 1. The molecule has 3 rings (SSSR count). The van der Waals surface area contributed by atoms with Crippen molar-refractivity contribution in [3.63, 3.8) is 0 Å². The van der Waals surface area contributed by atoms with Crippen molar-refractivity contribution in [2.45, 2.75) is 30.6 Å². The summed E-state index contributed by atoms with van der Waals surface area (Å²) in [6, 6.07) is 5.07. The van der Waals surface area contributed by atoms with Crippen LogP contribution in [-0.4, -0.2) is 21.5 Å². The fourth-order valence-corrected chi connectivity index (χ4v) is 3.34. The zero-order valence-corrected chi connectivity index (χ0v) is 12.2. The molecule has 0 bridgehead atoms. The summed E-state index contributed by atoms with van der Waals surface area (Å²) in [6.07, 6.45) is 4.78. The zero-order valence-electron chi connectivity index (χ0n) is 11.4. The molecule has 2 fully saturated rings. The Bertz CT molecular complexity index is 592. The lowest BCUT2D eigenvalue weighted by atomic mass is 10.2. The van der Waals surface area contributed by atoms with Crippen molar-refractivity contribution in [1.29, 1.82) is 0 Å². The van der Waals surface area contributed by atoms with E-state index >= 15 is 0 Å². The molecular weight excluding hydrogens is 274 g/mol. The Balaban J connectivity index is 1.67. The van der Waals surface area contributed by atoms with Gasteiger partial charge in [0.05, 0.1) is 5.69 Å². The van der Waals surface area contributed by atoms with Crippen molar-refractivity contribution >= 4 is 21.4 Å². The maximum Gasteiger partial charge on any atom is 0.242 e. The Morgan fingerprint density at radius 2 is 1.75 bits per heavy atom. The molecule has 0 atom stereocenters. The number of hydrogen-bond donors (Lipinski definition) is 3. The molecule has 2 saturated carbocycles. The monoisotopic (exact) mass is 295 g/mol. The van der Waals surface area contributed by atoms with E-state index < -0.39 is 10.0 Å². The standard InChI is InChI=1S/C14H21N3O2S/c15-13-7-12(16-8-10-1-2-10)5-6-14(13)20(18,19)17-9-11-3-4-11/h5-7,10-11,16-17H,1-4,8-9,15H2. The second-order valence-corrected chi connectivity index (χ2v) is 7.61. The van der Waals surface area contributed by atoms with Gasteiger partial charge in [-0.15, -0.1) is 0 Å². The quantitative estimate of drug-likeness (QED) is 0.669. The topological polar surface area (TPSA) is 84.2 Å². The molecule has 0 aromatic heterocycles. The Hall–Kier alpha value is -1.27. The minimum Gasteiger partial charge on any atom is -0.398 e. The van der Waals surface area contributed by atoms with E-state index in [2.05, 4.69) is 10.0 Å². The molecule has 0 amide bonds. The van der Waals surface area contributed by atoms with Gasteiger partial charge in [0.15, 0.2) is 0 Å². The molecule has 0 radical (unpaired) electrons. The van der Waals surface area contributed by atoms with Crippen LogP contribution in [0.15, 0.2) is 23.1 Å². The van der Waals surface area contributed by atoms with Crippen molar-refractivity contribution in [2.75, 3.05) is 24.1 Å². The van der Waals surface area contributed by atoms with Gasteiger partial charge in [-0.1, -0.05) is 0 Å². The third kappa shape index (κ3) is 3.43. The highest BCUT2D eigenvalue weighted by molar-refractivity contribution is 7.89. The maximum atomic E-state index is 12.2. The van der Waals surface area contributed by atoms with Crippen LogP contribution in [0.1, 0.15) is 25.7 Å². The van der Waals surface area contributed by atoms with E-state index in [0.29, 0.717) is 18.2 Å². The van der Waals surface area contributed by atoms with E-state index in [0.717, 1.165) is 31.0 Å². The minimum absolute atomic E-state index is 0.176. The maximum absolute atomic E-state index is 12.2. The molecular formula is C14H21N3O2S. The van der Waals surface area contributed by atoms with Crippen molar-refractivity contribution in [1.82, 2.24) is 4.72 Å². The number of sulfonamides is 1. The average Bonchev–Trinajstić information content (AvgIpc) is 3.27. The second-order valence-electron chi connectivity index (χ2n) is 5.87. The molecule has 1 aromatic carbocycles. The van der Waals surface area contributed by atoms with Crippen LogP contribution < -0.4 is 15.8 Å². The van der Waals surface area contributed by atoms with Crippen LogP contribution >= 0.6 is 0 Å². The summed E-state index contributed by atoms with van der Waals surface area (Å²) in [5.74, 6) is 1.27. The SMILES string of the molecule is Nc1cc(NCC2CC2)ccc1S(=O)(=O)NCC1CC1. The van der Waals surface area contributed by atoms with Crippen LogP contribution in [-0.2, 0) is 10.0 Å². The highest BCUT2D eigenvalue weighted by Crippen LogP contribution is 2.30. The van der Waals surface area contributed by atoms with Crippen molar-refractivity contribution in [2.24, 2.45) is 11.8 Å². The normalized spacial score (nSPS) is 19.0. The molecule has 4 N–H and O–H groups in total. The number of hydrogen-bond acceptors (Lipinski definition) is 4. The summed E-state index contributed by atoms with van der Waals surface area (Å²) < 4.78 is 27.0. The Morgan fingerprint density at radius 3 is 2.35 bits per heavy atom. The van der Waals surface area contributed by atoms with Gasteiger partial charge in [0.1, 0.15) is 4.90 Å². The van der Waals surface area contributed by atoms with E-state index in [9.17, 15) is 8.42 Å². The van der Waals surface area contributed by atoms with Gasteiger partial charge in [0.2, 0.25) is 10.0 Å². The fourth-order valence-electron chi connectivity index (χ4n) is 2.11. The lowest BCUT2D eigenvalue weighted by molar-refractivity contribution is 0.578. The van der Waals surface area contributed by atoms with Gasteiger partial charge in [0.25, 0.3) is 0 Å². The van der Waals surface area contributed by atoms with E-state index in [1.807, 2.05) is 0 Å².